The Balaban J connectivity index is 1.54. The highest BCUT2D eigenvalue weighted by molar-refractivity contribution is 6.35. The number of amides is 1. The smallest absolute Gasteiger partial charge is 0.407 e. The quantitative estimate of drug-likeness (QED) is 0.366. The number of aryl methyl sites for hydroxylation is 1. The van der Waals surface area contributed by atoms with Crippen molar-refractivity contribution in [3.63, 3.8) is 0 Å². The summed E-state index contributed by atoms with van der Waals surface area (Å²) >= 11 is 6.99. The molecular formula is C27H31ClFN3O2. The zero-order valence-corrected chi connectivity index (χ0v) is 20.8. The van der Waals surface area contributed by atoms with E-state index in [9.17, 15) is 4.79 Å². The van der Waals surface area contributed by atoms with Gasteiger partial charge in [-0.15, -0.1) is 0 Å². The molecule has 180 valence electrons. The van der Waals surface area contributed by atoms with Crippen molar-refractivity contribution in [2.75, 3.05) is 5.32 Å². The average Bonchev–Trinajstić information content (AvgIpc) is 3.43. The van der Waals surface area contributed by atoms with Crippen LogP contribution in [-0.4, -0.2) is 28.8 Å². The van der Waals surface area contributed by atoms with Crippen LogP contribution in [0.25, 0.3) is 22.0 Å². The molecule has 34 heavy (non-hydrogen) atoms. The number of para-hydroxylation sites is 1. The highest BCUT2D eigenvalue weighted by Crippen LogP contribution is 2.49. The molecule has 0 saturated heterocycles. The molecule has 2 heterocycles. The van der Waals surface area contributed by atoms with Gasteiger partial charge in [-0.25, -0.2) is 9.18 Å². The third-order valence-electron chi connectivity index (χ3n) is 7.44. The standard InChI is InChI=1S/C27H31ClFN3O2/c1-14-13-30-23-17(14)10-7-11-18(23)19-12-20(29)24-21(22(19)28)15(2)25(27(3,4)32-24)34-26(33)31-16-8-5-6-9-16/h7,10-13,15-16,25,30,32H,5-6,8-9H2,1-4H3,(H,31,33). The Kier molecular flexibility index (Phi) is 5.75. The van der Waals surface area contributed by atoms with Gasteiger partial charge in [-0.2, -0.15) is 0 Å². The van der Waals surface area contributed by atoms with Crippen LogP contribution in [-0.2, 0) is 4.74 Å². The lowest BCUT2D eigenvalue weighted by atomic mass is 9.78. The summed E-state index contributed by atoms with van der Waals surface area (Å²) in [5, 5.41) is 7.81. The molecule has 7 heteroatoms. The second-order valence-electron chi connectivity index (χ2n) is 10.3. The number of hydrogen-bond acceptors (Lipinski definition) is 3. The first kappa shape index (κ1) is 23.0. The van der Waals surface area contributed by atoms with Crippen molar-refractivity contribution in [2.45, 2.75) is 77.0 Å². The predicted octanol–water partition coefficient (Wildman–Crippen LogP) is 7.28. The Morgan fingerprint density at radius 1 is 1.24 bits per heavy atom. The lowest BCUT2D eigenvalue weighted by Gasteiger charge is -2.44. The van der Waals surface area contributed by atoms with Crippen molar-refractivity contribution >= 4 is 34.3 Å². The largest absolute Gasteiger partial charge is 0.443 e. The van der Waals surface area contributed by atoms with Gasteiger partial charge >= 0.3 is 6.09 Å². The molecule has 1 amide bonds. The average molecular weight is 484 g/mol. The van der Waals surface area contributed by atoms with Gasteiger partial charge in [0.15, 0.2) is 0 Å². The third-order valence-corrected chi connectivity index (χ3v) is 7.85. The molecule has 1 saturated carbocycles. The van der Waals surface area contributed by atoms with Crippen LogP contribution in [0, 0.1) is 12.7 Å². The molecule has 2 aromatic carbocycles. The van der Waals surface area contributed by atoms with Crippen molar-refractivity contribution in [1.82, 2.24) is 10.3 Å². The number of anilines is 1. The third kappa shape index (κ3) is 3.82. The molecule has 0 bridgehead atoms. The minimum Gasteiger partial charge on any atom is -0.443 e. The number of carbonyl (C=O) groups is 1. The first-order valence-electron chi connectivity index (χ1n) is 12.0. The molecule has 2 unspecified atom stereocenters. The number of aromatic amines is 1. The number of H-pyrrole nitrogens is 1. The van der Waals surface area contributed by atoms with Crippen LogP contribution in [0.3, 0.4) is 0 Å². The number of nitrogens with one attached hydrogen (secondary N) is 3. The predicted molar refractivity (Wildman–Crippen MR) is 135 cm³/mol. The summed E-state index contributed by atoms with van der Waals surface area (Å²) < 4.78 is 21.5. The number of rotatable bonds is 3. The molecular weight excluding hydrogens is 453 g/mol. The van der Waals surface area contributed by atoms with E-state index >= 15 is 4.39 Å². The molecule has 1 aliphatic carbocycles. The molecule has 2 atom stereocenters. The molecule has 1 aliphatic heterocycles. The van der Waals surface area contributed by atoms with E-state index in [4.69, 9.17) is 16.3 Å². The van der Waals surface area contributed by atoms with Crippen molar-refractivity contribution in [3.8, 4) is 11.1 Å². The van der Waals surface area contributed by atoms with Gasteiger partial charge in [-0.3, -0.25) is 0 Å². The summed E-state index contributed by atoms with van der Waals surface area (Å²) in [5.41, 5.74) is 3.82. The topological polar surface area (TPSA) is 66.2 Å². The van der Waals surface area contributed by atoms with Gasteiger partial charge in [0.1, 0.15) is 11.9 Å². The summed E-state index contributed by atoms with van der Waals surface area (Å²) in [6.07, 6.45) is 5.18. The van der Waals surface area contributed by atoms with Crippen molar-refractivity contribution in [1.29, 1.82) is 0 Å². The number of aromatic nitrogens is 1. The fourth-order valence-electron chi connectivity index (χ4n) is 5.72. The SMILES string of the molecule is Cc1c[nH]c2c(-c3cc(F)c4c(c3Cl)C(C)C(OC(=O)NC3CCCC3)C(C)(C)N4)cccc12. The van der Waals surface area contributed by atoms with Crippen molar-refractivity contribution < 1.29 is 13.9 Å². The number of hydrogen-bond donors (Lipinski definition) is 3. The summed E-state index contributed by atoms with van der Waals surface area (Å²) in [4.78, 5) is 16.0. The number of alkyl carbamates (subject to hydrolysis) is 1. The second kappa shape index (κ2) is 8.49. The van der Waals surface area contributed by atoms with Crippen LogP contribution >= 0.6 is 11.6 Å². The maximum absolute atomic E-state index is 15.5. The van der Waals surface area contributed by atoms with E-state index in [-0.39, 0.29) is 17.8 Å². The van der Waals surface area contributed by atoms with Gasteiger partial charge in [0.25, 0.3) is 0 Å². The molecule has 5 nitrogen and oxygen atoms in total. The van der Waals surface area contributed by atoms with Gasteiger partial charge in [0.2, 0.25) is 0 Å². The molecule has 2 aliphatic rings. The van der Waals surface area contributed by atoms with E-state index in [1.54, 1.807) is 0 Å². The first-order valence-corrected chi connectivity index (χ1v) is 12.4. The lowest BCUT2D eigenvalue weighted by Crippen LogP contribution is -2.53. The number of benzene rings is 2. The number of carbonyl (C=O) groups excluding carboxylic acids is 1. The Morgan fingerprint density at radius 2 is 1.97 bits per heavy atom. The summed E-state index contributed by atoms with van der Waals surface area (Å²) in [5.74, 6) is -0.685. The van der Waals surface area contributed by atoms with Crippen LogP contribution in [0.4, 0.5) is 14.9 Å². The minimum absolute atomic E-state index is 0.159. The highest BCUT2D eigenvalue weighted by Gasteiger charge is 2.45. The molecule has 5 rings (SSSR count). The lowest BCUT2D eigenvalue weighted by molar-refractivity contribution is 0.0455. The summed E-state index contributed by atoms with van der Waals surface area (Å²) in [7, 11) is 0. The Hall–Kier alpha value is -2.73. The normalized spacial score (nSPS) is 21.8. The van der Waals surface area contributed by atoms with Gasteiger partial charge < -0.3 is 20.4 Å². The second-order valence-corrected chi connectivity index (χ2v) is 10.7. The molecule has 3 N–H and O–H groups in total. The number of halogens is 2. The monoisotopic (exact) mass is 483 g/mol. The zero-order valence-electron chi connectivity index (χ0n) is 20.0. The fourth-order valence-corrected chi connectivity index (χ4v) is 6.14. The highest BCUT2D eigenvalue weighted by atomic mass is 35.5. The Bertz CT molecular complexity index is 1260. The van der Waals surface area contributed by atoms with Crippen LogP contribution in [0.1, 0.15) is 63.5 Å². The van der Waals surface area contributed by atoms with Crippen LogP contribution in [0.2, 0.25) is 5.02 Å². The Morgan fingerprint density at radius 3 is 2.71 bits per heavy atom. The maximum atomic E-state index is 15.5. The van der Waals surface area contributed by atoms with E-state index < -0.39 is 17.7 Å². The van der Waals surface area contributed by atoms with Crippen LogP contribution in [0.5, 0.6) is 0 Å². The van der Waals surface area contributed by atoms with E-state index in [2.05, 4.69) is 15.6 Å². The molecule has 1 aromatic heterocycles. The van der Waals surface area contributed by atoms with Gasteiger partial charge in [0, 0.05) is 40.2 Å². The summed E-state index contributed by atoms with van der Waals surface area (Å²) in [6, 6.07) is 7.59. The first-order chi connectivity index (χ1) is 16.2. The zero-order chi connectivity index (χ0) is 24.2. The van der Waals surface area contributed by atoms with Crippen molar-refractivity contribution in [2.24, 2.45) is 0 Å². The van der Waals surface area contributed by atoms with Crippen molar-refractivity contribution in [3.05, 3.63) is 52.4 Å². The van der Waals surface area contributed by atoms with E-state index in [0.29, 0.717) is 21.8 Å². The maximum Gasteiger partial charge on any atom is 0.407 e. The van der Waals surface area contributed by atoms with E-state index in [0.717, 1.165) is 47.7 Å². The van der Waals surface area contributed by atoms with Gasteiger partial charge in [0.05, 0.1) is 21.8 Å². The number of fused-ring (bicyclic) bond motifs is 2. The van der Waals surface area contributed by atoms with Crippen LogP contribution < -0.4 is 10.6 Å². The molecule has 0 radical (unpaired) electrons. The summed E-state index contributed by atoms with van der Waals surface area (Å²) in [6.45, 7) is 7.82. The van der Waals surface area contributed by atoms with E-state index in [1.165, 1.54) is 6.07 Å². The van der Waals surface area contributed by atoms with Gasteiger partial charge in [-0.05, 0) is 45.2 Å². The van der Waals surface area contributed by atoms with Gasteiger partial charge in [-0.1, -0.05) is 49.6 Å². The fraction of sp³-hybridized carbons (Fsp3) is 0.444. The molecule has 3 aromatic rings. The molecule has 1 fully saturated rings. The van der Waals surface area contributed by atoms with E-state index in [1.807, 2.05) is 52.1 Å². The molecule has 0 spiro atoms. The minimum atomic E-state index is -0.679. The number of ether oxygens (including phenoxy) is 1. The van der Waals surface area contributed by atoms with Crippen LogP contribution in [0.15, 0.2) is 30.5 Å². The Labute approximate surface area is 204 Å².